The first-order valence-corrected chi connectivity index (χ1v) is 5.45. The van der Waals surface area contributed by atoms with Gasteiger partial charge in [-0.1, -0.05) is 24.0 Å². The lowest BCUT2D eigenvalue weighted by atomic mass is 10.2. The maximum atomic E-state index is 10.9. The molecule has 0 bridgehead atoms. The summed E-state index contributed by atoms with van der Waals surface area (Å²) in [5.41, 5.74) is 5.96. The summed E-state index contributed by atoms with van der Waals surface area (Å²) < 4.78 is 5.43. The van der Waals surface area contributed by atoms with Gasteiger partial charge in [-0.3, -0.25) is 4.79 Å². The molecular formula is C13H16N2O2. The zero-order valence-electron chi connectivity index (χ0n) is 9.82. The Balaban J connectivity index is 2.61. The van der Waals surface area contributed by atoms with Crippen LogP contribution in [0.15, 0.2) is 24.3 Å². The molecule has 1 rings (SSSR count). The van der Waals surface area contributed by atoms with Crippen LogP contribution >= 0.6 is 0 Å². The van der Waals surface area contributed by atoms with Crippen LogP contribution in [0.5, 0.6) is 5.75 Å². The summed E-state index contributed by atoms with van der Waals surface area (Å²) in [5, 5.41) is 2.58. The lowest BCUT2D eigenvalue weighted by molar-refractivity contribution is -0.119. The van der Waals surface area contributed by atoms with Crippen molar-refractivity contribution < 1.29 is 9.53 Å². The number of carbonyl (C=O) groups is 1. The van der Waals surface area contributed by atoms with Crippen molar-refractivity contribution in [1.29, 1.82) is 0 Å². The zero-order chi connectivity index (χ0) is 12.5. The van der Waals surface area contributed by atoms with Gasteiger partial charge in [-0.15, -0.1) is 0 Å². The molecule has 17 heavy (non-hydrogen) atoms. The smallest absolute Gasteiger partial charge is 0.234 e. The molecule has 1 aromatic rings. The predicted molar refractivity (Wildman–Crippen MR) is 66.6 cm³/mol. The van der Waals surface area contributed by atoms with Crippen molar-refractivity contribution in [2.24, 2.45) is 5.73 Å². The van der Waals surface area contributed by atoms with Gasteiger partial charge < -0.3 is 15.8 Å². The summed E-state index contributed by atoms with van der Waals surface area (Å²) in [6.07, 6.45) is 0. The molecule has 4 heteroatoms. The average Bonchev–Trinajstić information content (AvgIpc) is 2.36. The Bertz CT molecular complexity index is 433. The third-order valence-corrected chi connectivity index (χ3v) is 1.97. The van der Waals surface area contributed by atoms with Crippen LogP contribution in [0.1, 0.15) is 12.5 Å². The Kier molecular flexibility index (Phi) is 5.62. The fourth-order valence-corrected chi connectivity index (χ4v) is 1.21. The Morgan fingerprint density at radius 2 is 2.24 bits per heavy atom. The van der Waals surface area contributed by atoms with Crippen LogP contribution in [0.25, 0.3) is 0 Å². The van der Waals surface area contributed by atoms with Crippen molar-refractivity contribution in [2.45, 2.75) is 6.92 Å². The second kappa shape index (κ2) is 7.31. The predicted octanol–water partition coefficient (Wildman–Crippen LogP) is 0.512. The summed E-state index contributed by atoms with van der Waals surface area (Å²) in [7, 11) is 0. The number of para-hydroxylation sites is 1. The highest BCUT2D eigenvalue weighted by Crippen LogP contribution is 2.16. The van der Waals surface area contributed by atoms with E-state index < -0.39 is 0 Å². The number of nitrogens with two attached hydrogens (primary N) is 1. The van der Waals surface area contributed by atoms with Crippen LogP contribution in [0.3, 0.4) is 0 Å². The third-order valence-electron chi connectivity index (χ3n) is 1.97. The zero-order valence-corrected chi connectivity index (χ0v) is 9.82. The number of benzene rings is 1. The van der Waals surface area contributed by atoms with Crippen LogP contribution in [0.2, 0.25) is 0 Å². The molecule has 1 amide bonds. The molecule has 0 saturated heterocycles. The highest BCUT2D eigenvalue weighted by atomic mass is 16.5. The Labute approximate surface area is 101 Å². The molecule has 0 fully saturated rings. The molecule has 3 N–H and O–H groups in total. The molecule has 1 aromatic carbocycles. The van der Waals surface area contributed by atoms with E-state index in [1.807, 2.05) is 31.2 Å². The second-order valence-corrected chi connectivity index (χ2v) is 3.21. The molecule has 0 heterocycles. The lowest BCUT2D eigenvalue weighted by Gasteiger charge is -2.04. The Morgan fingerprint density at radius 1 is 1.47 bits per heavy atom. The van der Waals surface area contributed by atoms with Crippen LogP contribution in [0, 0.1) is 11.8 Å². The monoisotopic (exact) mass is 232 g/mol. The largest absolute Gasteiger partial charge is 0.493 e. The molecular weight excluding hydrogens is 216 g/mol. The Morgan fingerprint density at radius 3 is 2.94 bits per heavy atom. The van der Waals surface area contributed by atoms with Crippen molar-refractivity contribution >= 4 is 5.91 Å². The number of nitrogens with one attached hydrogen (secondary N) is 1. The summed E-state index contributed by atoms with van der Waals surface area (Å²) >= 11 is 0. The van der Waals surface area contributed by atoms with Crippen molar-refractivity contribution in [3.05, 3.63) is 29.8 Å². The van der Waals surface area contributed by atoms with Crippen molar-refractivity contribution in [3.63, 3.8) is 0 Å². The number of hydrogen-bond acceptors (Lipinski definition) is 3. The third kappa shape index (κ3) is 4.58. The van der Waals surface area contributed by atoms with Gasteiger partial charge in [0.15, 0.2) is 0 Å². The number of ether oxygens (including phenoxy) is 1. The first-order valence-electron chi connectivity index (χ1n) is 5.45. The SMILES string of the molecule is CCOc1ccccc1C#CCNC(=O)CN. The Hall–Kier alpha value is -1.99. The van der Waals surface area contributed by atoms with Crippen molar-refractivity contribution in [1.82, 2.24) is 5.32 Å². The summed E-state index contributed by atoms with van der Waals surface area (Å²) in [6.45, 7) is 2.79. The normalized spacial score (nSPS) is 9.06. The number of rotatable bonds is 4. The standard InChI is InChI=1S/C13H16N2O2/c1-2-17-12-8-4-3-6-11(12)7-5-9-15-13(16)10-14/h3-4,6,8H,2,9-10,14H2,1H3,(H,15,16). The molecule has 0 aliphatic carbocycles. The number of hydrogen-bond donors (Lipinski definition) is 2. The van der Waals surface area contributed by atoms with Gasteiger partial charge in [-0.25, -0.2) is 0 Å². The van der Waals surface area contributed by atoms with Gasteiger partial charge in [0, 0.05) is 0 Å². The van der Waals surface area contributed by atoms with E-state index in [1.165, 1.54) is 0 Å². The van der Waals surface area contributed by atoms with Crippen LogP contribution in [-0.2, 0) is 4.79 Å². The fraction of sp³-hybridized carbons (Fsp3) is 0.308. The molecule has 0 radical (unpaired) electrons. The molecule has 4 nitrogen and oxygen atoms in total. The first kappa shape index (κ1) is 13.1. The molecule has 90 valence electrons. The highest BCUT2D eigenvalue weighted by Gasteiger charge is 1.97. The molecule has 0 aliphatic rings. The van der Waals surface area contributed by atoms with Gasteiger partial charge >= 0.3 is 0 Å². The van der Waals surface area contributed by atoms with Gasteiger partial charge in [0.1, 0.15) is 5.75 Å². The minimum Gasteiger partial charge on any atom is -0.493 e. The van der Waals surface area contributed by atoms with Crippen molar-refractivity contribution in [3.8, 4) is 17.6 Å². The topological polar surface area (TPSA) is 64.3 Å². The van der Waals surface area contributed by atoms with E-state index in [0.29, 0.717) is 6.61 Å². The van der Waals surface area contributed by atoms with E-state index in [4.69, 9.17) is 10.5 Å². The van der Waals surface area contributed by atoms with Crippen LogP contribution in [0.4, 0.5) is 0 Å². The molecule has 0 spiro atoms. The van der Waals surface area contributed by atoms with Gasteiger partial charge in [-0.05, 0) is 19.1 Å². The van der Waals surface area contributed by atoms with E-state index in [-0.39, 0.29) is 19.0 Å². The second-order valence-electron chi connectivity index (χ2n) is 3.21. The maximum absolute atomic E-state index is 10.9. The summed E-state index contributed by atoms with van der Waals surface area (Å²) in [4.78, 5) is 10.9. The van der Waals surface area contributed by atoms with E-state index >= 15 is 0 Å². The summed E-state index contributed by atoms with van der Waals surface area (Å²) in [6, 6.07) is 7.53. The van der Waals surface area contributed by atoms with E-state index in [1.54, 1.807) is 0 Å². The number of carbonyl (C=O) groups excluding carboxylic acids is 1. The van der Waals surface area contributed by atoms with Crippen LogP contribution in [-0.4, -0.2) is 25.6 Å². The van der Waals surface area contributed by atoms with Crippen LogP contribution < -0.4 is 15.8 Å². The number of amides is 1. The lowest BCUT2D eigenvalue weighted by Crippen LogP contribution is -2.30. The minimum absolute atomic E-state index is 0.0167. The molecule has 0 unspecified atom stereocenters. The summed E-state index contributed by atoms with van der Waals surface area (Å²) in [5.74, 6) is 6.34. The maximum Gasteiger partial charge on any atom is 0.234 e. The fourth-order valence-electron chi connectivity index (χ4n) is 1.21. The van der Waals surface area contributed by atoms with Gasteiger partial charge in [-0.2, -0.15) is 0 Å². The van der Waals surface area contributed by atoms with E-state index in [0.717, 1.165) is 11.3 Å². The molecule has 0 saturated carbocycles. The molecule has 0 atom stereocenters. The minimum atomic E-state index is -0.211. The van der Waals surface area contributed by atoms with Gasteiger partial charge in [0.2, 0.25) is 5.91 Å². The molecule has 0 aromatic heterocycles. The van der Waals surface area contributed by atoms with E-state index in [9.17, 15) is 4.79 Å². The average molecular weight is 232 g/mol. The van der Waals surface area contributed by atoms with Gasteiger partial charge in [0.25, 0.3) is 0 Å². The first-order chi connectivity index (χ1) is 8.27. The van der Waals surface area contributed by atoms with E-state index in [2.05, 4.69) is 17.2 Å². The molecule has 0 aliphatic heterocycles. The quantitative estimate of drug-likeness (QED) is 0.743. The highest BCUT2D eigenvalue weighted by molar-refractivity contribution is 5.77. The van der Waals surface area contributed by atoms with Gasteiger partial charge in [0.05, 0.1) is 25.3 Å². The van der Waals surface area contributed by atoms with Crippen molar-refractivity contribution in [2.75, 3.05) is 19.7 Å².